The Balaban J connectivity index is 2.39. The van der Waals surface area contributed by atoms with E-state index in [2.05, 4.69) is 37.2 Å². The van der Waals surface area contributed by atoms with Crippen LogP contribution in [0, 0.1) is 23.2 Å². The molecule has 1 saturated carbocycles. The molecule has 1 fully saturated rings. The smallest absolute Gasteiger partial charge is 0.105 e. The first-order valence-electron chi connectivity index (χ1n) is 6.22. The highest BCUT2D eigenvalue weighted by Gasteiger charge is 2.35. The fourth-order valence-corrected chi connectivity index (χ4v) is 2.15. The van der Waals surface area contributed by atoms with Gasteiger partial charge in [0.1, 0.15) is 5.54 Å². The van der Waals surface area contributed by atoms with Crippen molar-refractivity contribution in [3.05, 3.63) is 0 Å². The van der Waals surface area contributed by atoms with Crippen molar-refractivity contribution in [3.63, 3.8) is 0 Å². The van der Waals surface area contributed by atoms with E-state index in [0.29, 0.717) is 6.04 Å². The van der Waals surface area contributed by atoms with Gasteiger partial charge in [-0.2, -0.15) is 5.26 Å². The van der Waals surface area contributed by atoms with Gasteiger partial charge in [-0.25, -0.2) is 0 Å². The molecule has 1 aliphatic rings. The van der Waals surface area contributed by atoms with E-state index in [1.807, 2.05) is 14.0 Å². The lowest BCUT2D eigenvalue weighted by atomic mass is 9.95. The standard InChI is InChI=1S/C13H25N3/c1-10-6-12(10)8-16(5)11(2)7-13(3,9-14)15-4/h10-12,15H,6-8H2,1-5H3. The quantitative estimate of drug-likeness (QED) is 0.747. The summed E-state index contributed by atoms with van der Waals surface area (Å²) in [5, 5.41) is 12.2. The summed E-state index contributed by atoms with van der Waals surface area (Å²) >= 11 is 0. The lowest BCUT2D eigenvalue weighted by Crippen LogP contribution is -2.45. The van der Waals surface area contributed by atoms with Crippen LogP contribution in [0.2, 0.25) is 0 Å². The first-order chi connectivity index (χ1) is 7.41. The predicted molar refractivity (Wildman–Crippen MR) is 67.1 cm³/mol. The van der Waals surface area contributed by atoms with Gasteiger partial charge in [-0.1, -0.05) is 6.92 Å². The zero-order chi connectivity index (χ0) is 12.3. The first-order valence-corrected chi connectivity index (χ1v) is 6.22. The molecule has 0 spiro atoms. The van der Waals surface area contributed by atoms with E-state index in [-0.39, 0.29) is 0 Å². The van der Waals surface area contributed by atoms with Gasteiger partial charge < -0.3 is 10.2 Å². The van der Waals surface area contributed by atoms with E-state index >= 15 is 0 Å². The van der Waals surface area contributed by atoms with Gasteiger partial charge in [0.15, 0.2) is 0 Å². The molecule has 0 heterocycles. The van der Waals surface area contributed by atoms with Crippen molar-refractivity contribution in [1.29, 1.82) is 5.26 Å². The molecule has 0 radical (unpaired) electrons. The minimum atomic E-state index is -0.400. The van der Waals surface area contributed by atoms with Gasteiger partial charge in [0, 0.05) is 12.6 Å². The second-order valence-corrected chi connectivity index (χ2v) is 5.66. The van der Waals surface area contributed by atoms with Crippen LogP contribution in [-0.4, -0.2) is 37.1 Å². The normalized spacial score (nSPS) is 29.6. The molecular formula is C13H25N3. The molecule has 1 aliphatic carbocycles. The van der Waals surface area contributed by atoms with Gasteiger partial charge >= 0.3 is 0 Å². The third kappa shape index (κ3) is 3.47. The third-order valence-electron chi connectivity index (χ3n) is 4.05. The molecule has 0 saturated heterocycles. The zero-order valence-corrected chi connectivity index (χ0v) is 11.2. The van der Waals surface area contributed by atoms with Crippen LogP contribution in [-0.2, 0) is 0 Å². The molecule has 4 atom stereocenters. The highest BCUT2D eigenvalue weighted by atomic mass is 15.1. The Morgan fingerprint density at radius 2 is 2.19 bits per heavy atom. The van der Waals surface area contributed by atoms with Crippen LogP contribution in [0.3, 0.4) is 0 Å². The monoisotopic (exact) mass is 223 g/mol. The number of rotatable bonds is 6. The van der Waals surface area contributed by atoms with Gasteiger partial charge in [0.25, 0.3) is 0 Å². The zero-order valence-electron chi connectivity index (χ0n) is 11.2. The highest BCUT2D eigenvalue weighted by Crippen LogP contribution is 2.38. The van der Waals surface area contributed by atoms with Gasteiger partial charge in [0.2, 0.25) is 0 Å². The van der Waals surface area contributed by atoms with Crippen molar-refractivity contribution in [2.24, 2.45) is 11.8 Å². The molecule has 4 unspecified atom stereocenters. The summed E-state index contributed by atoms with van der Waals surface area (Å²) in [6.45, 7) is 7.67. The number of nitriles is 1. The van der Waals surface area contributed by atoms with Crippen LogP contribution in [0.1, 0.15) is 33.6 Å². The summed E-state index contributed by atoms with van der Waals surface area (Å²) in [5.74, 6) is 1.79. The first kappa shape index (κ1) is 13.5. The largest absolute Gasteiger partial charge is 0.303 e. The molecule has 3 heteroatoms. The van der Waals surface area contributed by atoms with Crippen molar-refractivity contribution in [2.45, 2.75) is 45.2 Å². The summed E-state index contributed by atoms with van der Waals surface area (Å²) in [5.41, 5.74) is -0.400. The summed E-state index contributed by atoms with van der Waals surface area (Å²) in [6, 6.07) is 2.80. The molecule has 0 aromatic rings. The molecule has 92 valence electrons. The van der Waals surface area contributed by atoms with E-state index in [9.17, 15) is 0 Å². The Morgan fingerprint density at radius 3 is 2.56 bits per heavy atom. The Bertz CT molecular complexity index is 271. The second kappa shape index (κ2) is 5.16. The number of nitrogens with zero attached hydrogens (tertiary/aromatic N) is 2. The molecule has 0 aliphatic heterocycles. The van der Waals surface area contributed by atoms with E-state index in [4.69, 9.17) is 5.26 Å². The van der Waals surface area contributed by atoms with Crippen molar-refractivity contribution in [2.75, 3.05) is 20.6 Å². The summed E-state index contributed by atoms with van der Waals surface area (Å²) in [4.78, 5) is 2.39. The Kier molecular flexibility index (Phi) is 4.35. The average molecular weight is 223 g/mol. The van der Waals surface area contributed by atoms with E-state index in [1.54, 1.807) is 0 Å². The van der Waals surface area contributed by atoms with E-state index < -0.39 is 5.54 Å². The minimum Gasteiger partial charge on any atom is -0.303 e. The lowest BCUT2D eigenvalue weighted by Gasteiger charge is -2.31. The van der Waals surface area contributed by atoms with Crippen LogP contribution in [0.5, 0.6) is 0 Å². The fraction of sp³-hybridized carbons (Fsp3) is 0.923. The Hall–Kier alpha value is -0.590. The second-order valence-electron chi connectivity index (χ2n) is 5.66. The third-order valence-corrected chi connectivity index (χ3v) is 4.05. The minimum absolute atomic E-state index is 0.400. The number of hydrogen-bond donors (Lipinski definition) is 1. The number of nitrogens with one attached hydrogen (secondary N) is 1. The molecule has 16 heavy (non-hydrogen) atoms. The lowest BCUT2D eigenvalue weighted by molar-refractivity contribution is 0.207. The van der Waals surface area contributed by atoms with Crippen LogP contribution < -0.4 is 5.32 Å². The molecule has 0 aromatic carbocycles. The van der Waals surface area contributed by atoms with Crippen LogP contribution >= 0.6 is 0 Å². The topological polar surface area (TPSA) is 39.1 Å². The predicted octanol–water partition coefficient (Wildman–Crippen LogP) is 1.85. The SMILES string of the molecule is CNC(C)(C#N)CC(C)N(C)CC1CC1C. The Labute approximate surface area is 99.8 Å². The summed E-state index contributed by atoms with van der Waals surface area (Å²) in [6.07, 6.45) is 2.25. The molecule has 3 nitrogen and oxygen atoms in total. The maximum atomic E-state index is 9.12. The van der Waals surface area contributed by atoms with Crippen molar-refractivity contribution in [1.82, 2.24) is 10.2 Å². The molecule has 0 amide bonds. The summed E-state index contributed by atoms with van der Waals surface area (Å²) in [7, 11) is 4.03. The van der Waals surface area contributed by atoms with Crippen LogP contribution in [0.25, 0.3) is 0 Å². The molecular weight excluding hydrogens is 198 g/mol. The van der Waals surface area contributed by atoms with E-state index in [1.165, 1.54) is 13.0 Å². The van der Waals surface area contributed by atoms with Gasteiger partial charge in [-0.3, -0.25) is 0 Å². The molecule has 0 aromatic heterocycles. The fourth-order valence-electron chi connectivity index (χ4n) is 2.15. The molecule has 1 rings (SSSR count). The van der Waals surface area contributed by atoms with Crippen LogP contribution in [0.4, 0.5) is 0 Å². The number of hydrogen-bond acceptors (Lipinski definition) is 3. The van der Waals surface area contributed by atoms with Crippen molar-refractivity contribution < 1.29 is 0 Å². The maximum Gasteiger partial charge on any atom is 0.105 e. The summed E-state index contributed by atoms with van der Waals surface area (Å²) < 4.78 is 0. The Morgan fingerprint density at radius 1 is 1.62 bits per heavy atom. The molecule has 1 N–H and O–H groups in total. The van der Waals surface area contributed by atoms with Crippen LogP contribution in [0.15, 0.2) is 0 Å². The van der Waals surface area contributed by atoms with Crippen molar-refractivity contribution in [3.8, 4) is 6.07 Å². The van der Waals surface area contributed by atoms with Gasteiger partial charge in [-0.05, 0) is 52.6 Å². The highest BCUT2D eigenvalue weighted by molar-refractivity contribution is 5.04. The van der Waals surface area contributed by atoms with Gasteiger partial charge in [-0.15, -0.1) is 0 Å². The maximum absolute atomic E-state index is 9.12. The average Bonchev–Trinajstić information content (AvgIpc) is 2.93. The van der Waals surface area contributed by atoms with Crippen molar-refractivity contribution >= 4 is 0 Å². The molecule has 0 bridgehead atoms. The van der Waals surface area contributed by atoms with Gasteiger partial charge in [0.05, 0.1) is 6.07 Å². The van der Waals surface area contributed by atoms with E-state index in [0.717, 1.165) is 18.3 Å².